The van der Waals surface area contributed by atoms with Crippen LogP contribution in [0.15, 0.2) is 36.4 Å². The van der Waals surface area contributed by atoms with E-state index in [0.717, 1.165) is 0 Å². The lowest BCUT2D eigenvalue weighted by atomic mass is 10.1. The van der Waals surface area contributed by atoms with Gasteiger partial charge in [-0.05, 0) is 36.2 Å². The number of hydrogen-bond acceptors (Lipinski definition) is 5. The van der Waals surface area contributed by atoms with Crippen molar-refractivity contribution in [3.05, 3.63) is 42.0 Å². The summed E-state index contributed by atoms with van der Waals surface area (Å²) >= 11 is 0. The highest BCUT2D eigenvalue weighted by atomic mass is 16.5. The van der Waals surface area contributed by atoms with Crippen LogP contribution in [0.1, 0.15) is 24.2 Å². The zero-order valence-electron chi connectivity index (χ0n) is 15.8. The molecule has 0 fully saturated rings. The van der Waals surface area contributed by atoms with E-state index < -0.39 is 0 Å². The highest BCUT2D eigenvalue weighted by Crippen LogP contribution is 2.31. The standard InChI is InChI=1S/C20H25NO5/c1-13(2)12-26-17-8-6-14(10-18(17)24-4)20(22)21-15-7-9-16(23-3)19(11-15)25-5/h6-11,13H,12H2,1-5H3,(H,21,22). The lowest BCUT2D eigenvalue weighted by molar-refractivity contribution is 0.102. The van der Waals surface area contributed by atoms with E-state index in [4.69, 9.17) is 18.9 Å². The molecule has 0 spiro atoms. The number of methoxy groups -OCH3 is 3. The summed E-state index contributed by atoms with van der Waals surface area (Å²) in [6, 6.07) is 10.3. The average Bonchev–Trinajstić information content (AvgIpc) is 2.65. The van der Waals surface area contributed by atoms with Crippen LogP contribution >= 0.6 is 0 Å². The molecule has 140 valence electrons. The fraction of sp³-hybridized carbons (Fsp3) is 0.350. The molecule has 26 heavy (non-hydrogen) atoms. The molecule has 0 atom stereocenters. The Morgan fingerprint density at radius 2 is 1.50 bits per heavy atom. The molecular formula is C20H25NO5. The van der Waals surface area contributed by atoms with Crippen LogP contribution in [0.4, 0.5) is 5.69 Å². The van der Waals surface area contributed by atoms with Gasteiger partial charge < -0.3 is 24.3 Å². The topological polar surface area (TPSA) is 66.0 Å². The first-order valence-corrected chi connectivity index (χ1v) is 8.32. The van der Waals surface area contributed by atoms with Crippen LogP contribution in [0.2, 0.25) is 0 Å². The molecule has 0 radical (unpaired) electrons. The minimum Gasteiger partial charge on any atom is -0.493 e. The van der Waals surface area contributed by atoms with Gasteiger partial charge in [-0.15, -0.1) is 0 Å². The fourth-order valence-corrected chi connectivity index (χ4v) is 2.30. The van der Waals surface area contributed by atoms with Gasteiger partial charge in [0.2, 0.25) is 0 Å². The second-order valence-corrected chi connectivity index (χ2v) is 6.09. The summed E-state index contributed by atoms with van der Waals surface area (Å²) in [5.41, 5.74) is 1.07. The Hall–Kier alpha value is -2.89. The molecule has 0 aliphatic heterocycles. The van der Waals surface area contributed by atoms with Crippen molar-refractivity contribution in [2.75, 3.05) is 33.3 Å². The highest BCUT2D eigenvalue weighted by molar-refractivity contribution is 6.04. The largest absolute Gasteiger partial charge is 0.493 e. The van der Waals surface area contributed by atoms with Crippen molar-refractivity contribution in [2.24, 2.45) is 5.92 Å². The van der Waals surface area contributed by atoms with Crippen molar-refractivity contribution in [3.8, 4) is 23.0 Å². The molecular weight excluding hydrogens is 334 g/mol. The van der Waals surface area contributed by atoms with E-state index in [0.29, 0.717) is 46.8 Å². The number of hydrogen-bond donors (Lipinski definition) is 1. The van der Waals surface area contributed by atoms with Crippen molar-refractivity contribution in [1.82, 2.24) is 0 Å². The summed E-state index contributed by atoms with van der Waals surface area (Å²) in [6.07, 6.45) is 0. The first-order chi connectivity index (χ1) is 12.5. The predicted molar refractivity (Wildman–Crippen MR) is 101 cm³/mol. The van der Waals surface area contributed by atoms with E-state index in [1.807, 2.05) is 0 Å². The summed E-state index contributed by atoms with van der Waals surface area (Å²) in [7, 11) is 4.66. The molecule has 0 unspecified atom stereocenters. The van der Waals surface area contributed by atoms with Crippen LogP contribution in [-0.2, 0) is 0 Å². The zero-order valence-corrected chi connectivity index (χ0v) is 15.8. The van der Waals surface area contributed by atoms with Crippen molar-refractivity contribution in [2.45, 2.75) is 13.8 Å². The first kappa shape index (κ1) is 19.4. The minimum atomic E-state index is -0.258. The molecule has 2 aromatic carbocycles. The number of nitrogens with one attached hydrogen (secondary N) is 1. The third-order valence-corrected chi connectivity index (χ3v) is 3.64. The van der Waals surface area contributed by atoms with Gasteiger partial charge in [0.1, 0.15) is 0 Å². The van der Waals surface area contributed by atoms with Gasteiger partial charge in [0.25, 0.3) is 5.91 Å². The third kappa shape index (κ3) is 4.81. The van der Waals surface area contributed by atoms with Crippen LogP contribution in [-0.4, -0.2) is 33.8 Å². The van der Waals surface area contributed by atoms with E-state index in [1.54, 1.807) is 57.7 Å². The Morgan fingerprint density at radius 1 is 0.885 bits per heavy atom. The van der Waals surface area contributed by atoms with Gasteiger partial charge >= 0.3 is 0 Å². The molecule has 1 amide bonds. The van der Waals surface area contributed by atoms with Gasteiger partial charge in [-0.2, -0.15) is 0 Å². The zero-order chi connectivity index (χ0) is 19.1. The monoisotopic (exact) mass is 359 g/mol. The number of rotatable bonds is 8. The molecule has 0 saturated heterocycles. The molecule has 1 N–H and O–H groups in total. The number of benzene rings is 2. The maximum atomic E-state index is 12.5. The Bertz CT molecular complexity index is 758. The maximum absolute atomic E-state index is 12.5. The fourth-order valence-electron chi connectivity index (χ4n) is 2.30. The molecule has 0 aliphatic rings. The molecule has 0 saturated carbocycles. The Morgan fingerprint density at radius 3 is 2.12 bits per heavy atom. The van der Waals surface area contributed by atoms with Crippen molar-refractivity contribution >= 4 is 11.6 Å². The van der Waals surface area contributed by atoms with Gasteiger partial charge in [-0.25, -0.2) is 0 Å². The first-order valence-electron chi connectivity index (χ1n) is 8.32. The molecule has 6 nitrogen and oxygen atoms in total. The number of ether oxygens (including phenoxy) is 4. The quantitative estimate of drug-likeness (QED) is 0.772. The van der Waals surface area contributed by atoms with Crippen LogP contribution in [0.5, 0.6) is 23.0 Å². The molecule has 2 rings (SSSR count). The molecule has 6 heteroatoms. The van der Waals surface area contributed by atoms with Crippen molar-refractivity contribution < 1.29 is 23.7 Å². The van der Waals surface area contributed by atoms with E-state index in [9.17, 15) is 4.79 Å². The molecule has 0 aromatic heterocycles. The van der Waals surface area contributed by atoms with Gasteiger partial charge in [0.05, 0.1) is 27.9 Å². The Labute approximate surface area is 154 Å². The normalized spacial score (nSPS) is 10.4. The lowest BCUT2D eigenvalue weighted by Gasteiger charge is -2.14. The van der Waals surface area contributed by atoms with Crippen LogP contribution in [0.25, 0.3) is 0 Å². The average molecular weight is 359 g/mol. The maximum Gasteiger partial charge on any atom is 0.255 e. The summed E-state index contributed by atoms with van der Waals surface area (Å²) in [5.74, 6) is 2.41. The third-order valence-electron chi connectivity index (χ3n) is 3.64. The lowest BCUT2D eigenvalue weighted by Crippen LogP contribution is -2.12. The van der Waals surface area contributed by atoms with Crippen LogP contribution < -0.4 is 24.3 Å². The second-order valence-electron chi connectivity index (χ2n) is 6.09. The summed E-state index contributed by atoms with van der Waals surface area (Å²) in [4.78, 5) is 12.5. The molecule has 0 bridgehead atoms. The van der Waals surface area contributed by atoms with Gasteiger partial charge in [-0.1, -0.05) is 13.8 Å². The number of amides is 1. The van der Waals surface area contributed by atoms with E-state index in [2.05, 4.69) is 19.2 Å². The number of carbonyl (C=O) groups is 1. The SMILES string of the molecule is COc1ccc(NC(=O)c2ccc(OCC(C)C)c(OC)c2)cc1OC. The van der Waals surface area contributed by atoms with Crippen LogP contribution in [0.3, 0.4) is 0 Å². The second kappa shape index (κ2) is 8.99. The highest BCUT2D eigenvalue weighted by Gasteiger charge is 2.13. The van der Waals surface area contributed by atoms with Crippen LogP contribution in [0, 0.1) is 5.92 Å². The minimum absolute atomic E-state index is 0.258. The summed E-state index contributed by atoms with van der Waals surface area (Å²) < 4.78 is 21.5. The molecule has 2 aromatic rings. The van der Waals surface area contributed by atoms with Gasteiger partial charge in [0, 0.05) is 17.3 Å². The smallest absolute Gasteiger partial charge is 0.255 e. The van der Waals surface area contributed by atoms with Crippen molar-refractivity contribution in [3.63, 3.8) is 0 Å². The van der Waals surface area contributed by atoms with Crippen molar-refractivity contribution in [1.29, 1.82) is 0 Å². The molecule has 0 heterocycles. The predicted octanol–water partition coefficient (Wildman–Crippen LogP) is 4.00. The molecule has 0 aliphatic carbocycles. The van der Waals surface area contributed by atoms with Gasteiger partial charge in [-0.3, -0.25) is 4.79 Å². The number of carbonyl (C=O) groups excluding carboxylic acids is 1. The summed E-state index contributed by atoms with van der Waals surface area (Å²) in [6.45, 7) is 4.71. The Balaban J connectivity index is 2.16. The van der Waals surface area contributed by atoms with E-state index >= 15 is 0 Å². The van der Waals surface area contributed by atoms with E-state index in [1.165, 1.54) is 0 Å². The number of anilines is 1. The summed E-state index contributed by atoms with van der Waals surface area (Å²) in [5, 5.41) is 2.83. The van der Waals surface area contributed by atoms with Gasteiger partial charge in [0.15, 0.2) is 23.0 Å². The Kier molecular flexibility index (Phi) is 6.72. The van der Waals surface area contributed by atoms with E-state index in [-0.39, 0.29) is 5.91 Å².